The number of hydrogen-bond donors (Lipinski definition) is 2. The lowest BCUT2D eigenvalue weighted by atomic mass is 9.93. The Kier molecular flexibility index (Phi) is 1.13. The van der Waals surface area contributed by atoms with Gasteiger partial charge in [0.15, 0.2) is 0 Å². The number of aliphatic hydroxyl groups excluding tert-OH is 1. The van der Waals surface area contributed by atoms with Crippen molar-refractivity contribution in [3.05, 3.63) is 0 Å². The Morgan fingerprint density at radius 2 is 2.08 bits per heavy atom. The summed E-state index contributed by atoms with van der Waals surface area (Å²) in [4.78, 5) is 0. The highest BCUT2D eigenvalue weighted by Gasteiger charge is 2.62. The fraction of sp³-hybridized carbons (Fsp3) is 1.00. The number of aliphatic hydroxyl groups is 1. The van der Waals surface area contributed by atoms with Crippen molar-refractivity contribution in [2.45, 2.75) is 30.2 Å². The molecule has 0 aromatic heterocycles. The van der Waals surface area contributed by atoms with Crippen molar-refractivity contribution in [2.75, 3.05) is 0 Å². The summed E-state index contributed by atoms with van der Waals surface area (Å²) in [7, 11) is -3.07. The van der Waals surface area contributed by atoms with Gasteiger partial charge in [-0.3, -0.25) is 0 Å². The van der Waals surface area contributed by atoms with Crippen LogP contribution in [-0.4, -0.2) is 30.9 Å². The Balaban J connectivity index is 2.11. The second-order valence-corrected chi connectivity index (χ2v) is 6.04. The second kappa shape index (κ2) is 1.86. The summed E-state index contributed by atoms with van der Waals surface area (Å²) in [6.07, 6.45) is 1.13. The molecule has 2 saturated carbocycles. The van der Waals surface area contributed by atoms with Crippen molar-refractivity contribution in [2.24, 2.45) is 11.8 Å². The van der Waals surface area contributed by atoms with Crippen molar-refractivity contribution in [3.8, 4) is 0 Å². The minimum atomic E-state index is -3.07. The van der Waals surface area contributed by atoms with Gasteiger partial charge in [-0.1, -0.05) is 0 Å². The molecule has 3 fully saturated rings. The summed E-state index contributed by atoms with van der Waals surface area (Å²) in [5, 5.41) is 9.41. The normalized spacial score (nSPS) is 59.6. The Morgan fingerprint density at radius 1 is 1.33 bits per heavy atom. The van der Waals surface area contributed by atoms with E-state index >= 15 is 0 Å². The van der Waals surface area contributed by atoms with E-state index in [4.69, 9.17) is 0 Å². The zero-order valence-corrected chi connectivity index (χ0v) is 7.29. The van der Waals surface area contributed by atoms with Crippen LogP contribution in [0.3, 0.4) is 0 Å². The van der Waals surface area contributed by atoms with Crippen molar-refractivity contribution < 1.29 is 13.5 Å². The average molecular weight is 189 g/mol. The van der Waals surface area contributed by atoms with E-state index in [1.165, 1.54) is 0 Å². The summed E-state index contributed by atoms with van der Waals surface area (Å²) in [5.74, 6) is 0.421. The predicted molar refractivity (Wildman–Crippen MR) is 41.9 cm³/mol. The molecule has 1 aliphatic heterocycles. The third kappa shape index (κ3) is 0.639. The molecule has 0 radical (unpaired) electrons. The van der Waals surface area contributed by atoms with Crippen molar-refractivity contribution in [1.29, 1.82) is 0 Å². The highest BCUT2D eigenvalue weighted by atomic mass is 32.2. The Morgan fingerprint density at radius 3 is 2.67 bits per heavy atom. The molecule has 2 N–H and O–H groups in total. The van der Waals surface area contributed by atoms with E-state index in [0.717, 1.165) is 6.42 Å². The van der Waals surface area contributed by atoms with Crippen LogP contribution in [-0.2, 0) is 10.0 Å². The van der Waals surface area contributed by atoms with Gasteiger partial charge in [0, 0.05) is 0 Å². The molecular weight excluding hydrogens is 178 g/mol. The molecule has 5 atom stereocenters. The first-order chi connectivity index (χ1) is 5.59. The molecule has 68 valence electrons. The van der Waals surface area contributed by atoms with Gasteiger partial charge in [0.25, 0.3) is 0 Å². The first kappa shape index (κ1) is 7.29. The maximum atomic E-state index is 11.4. The maximum Gasteiger partial charge on any atom is 0.215 e. The van der Waals surface area contributed by atoms with Gasteiger partial charge in [0.05, 0.1) is 17.4 Å². The molecule has 5 heteroatoms. The number of nitrogens with one attached hydrogen (secondary N) is 1. The zero-order valence-electron chi connectivity index (χ0n) is 6.47. The van der Waals surface area contributed by atoms with Gasteiger partial charge in [-0.25, -0.2) is 13.1 Å². The van der Waals surface area contributed by atoms with Gasteiger partial charge in [-0.05, 0) is 24.7 Å². The molecule has 3 rings (SSSR count). The Hall–Kier alpha value is -0.130. The Labute approximate surface area is 71.0 Å². The van der Waals surface area contributed by atoms with Crippen LogP contribution in [0.25, 0.3) is 0 Å². The minimum absolute atomic E-state index is 0.168. The molecule has 1 heterocycles. The molecule has 1 saturated heterocycles. The summed E-state index contributed by atoms with van der Waals surface area (Å²) in [5.41, 5.74) is 0. The molecule has 0 spiro atoms. The molecule has 0 amide bonds. The van der Waals surface area contributed by atoms with E-state index in [9.17, 15) is 13.5 Å². The van der Waals surface area contributed by atoms with E-state index < -0.39 is 16.1 Å². The van der Waals surface area contributed by atoms with Crippen molar-refractivity contribution in [1.82, 2.24) is 4.72 Å². The number of sulfonamides is 1. The average Bonchev–Trinajstić information content (AvgIpc) is 2.54. The lowest BCUT2D eigenvalue weighted by Gasteiger charge is -2.20. The SMILES string of the molecule is O=S1(=O)N[C@@H]2[C@H](O)[C@H]3C[C@H]2[C@@H]1C3. The molecule has 12 heavy (non-hydrogen) atoms. The fourth-order valence-electron chi connectivity index (χ4n) is 3.06. The molecule has 2 bridgehead atoms. The molecule has 0 unspecified atom stereocenters. The summed E-state index contributed by atoms with van der Waals surface area (Å²) in [6.45, 7) is 0. The molecule has 4 nitrogen and oxygen atoms in total. The highest BCUT2D eigenvalue weighted by Crippen LogP contribution is 2.51. The quantitative estimate of drug-likeness (QED) is 0.516. The van der Waals surface area contributed by atoms with Gasteiger partial charge < -0.3 is 5.11 Å². The van der Waals surface area contributed by atoms with Gasteiger partial charge >= 0.3 is 0 Å². The molecule has 2 aliphatic carbocycles. The summed E-state index contributed by atoms with van der Waals surface area (Å²) in [6, 6.07) is -0.168. The number of hydrogen-bond acceptors (Lipinski definition) is 3. The fourth-order valence-corrected chi connectivity index (χ4v) is 5.17. The predicted octanol–water partition coefficient (Wildman–Crippen LogP) is -0.943. The lowest BCUT2D eigenvalue weighted by Crippen LogP contribution is -2.38. The van der Waals surface area contributed by atoms with E-state index in [0.29, 0.717) is 6.42 Å². The van der Waals surface area contributed by atoms with Gasteiger partial charge in [0.1, 0.15) is 0 Å². The smallest absolute Gasteiger partial charge is 0.215 e. The third-order valence-electron chi connectivity index (χ3n) is 3.60. The van der Waals surface area contributed by atoms with Crippen LogP contribution < -0.4 is 4.72 Å². The van der Waals surface area contributed by atoms with Crippen LogP contribution in [0.5, 0.6) is 0 Å². The van der Waals surface area contributed by atoms with E-state index in [1.54, 1.807) is 0 Å². The van der Waals surface area contributed by atoms with Crippen LogP contribution in [0, 0.1) is 11.8 Å². The second-order valence-electron chi connectivity index (χ2n) is 4.11. The monoisotopic (exact) mass is 189 g/mol. The van der Waals surface area contributed by atoms with Crippen LogP contribution >= 0.6 is 0 Å². The standard InChI is InChI=1S/C7H11NO3S/c9-7-3-1-4-5(2-3)12(10,11)8-6(4)7/h3-9H,1-2H2/t3-,4-,5-,6-,7+/m0/s1. The van der Waals surface area contributed by atoms with Gasteiger partial charge in [0.2, 0.25) is 10.0 Å². The van der Waals surface area contributed by atoms with Crippen LogP contribution in [0.15, 0.2) is 0 Å². The summed E-state index contributed by atoms with van der Waals surface area (Å²) >= 11 is 0. The maximum absolute atomic E-state index is 11.4. The van der Waals surface area contributed by atoms with E-state index in [1.807, 2.05) is 0 Å². The first-order valence-corrected chi connectivity index (χ1v) is 5.83. The topological polar surface area (TPSA) is 66.4 Å². The highest BCUT2D eigenvalue weighted by molar-refractivity contribution is 7.90. The Bertz CT molecular complexity index is 326. The molecular formula is C7H11NO3S. The lowest BCUT2D eigenvalue weighted by molar-refractivity contribution is 0.0970. The van der Waals surface area contributed by atoms with Crippen LogP contribution in [0.4, 0.5) is 0 Å². The van der Waals surface area contributed by atoms with E-state index in [-0.39, 0.29) is 23.1 Å². The zero-order chi connectivity index (χ0) is 8.51. The minimum Gasteiger partial charge on any atom is -0.391 e. The summed E-state index contributed by atoms with van der Waals surface area (Å²) < 4.78 is 25.4. The number of rotatable bonds is 0. The van der Waals surface area contributed by atoms with Crippen LogP contribution in [0.1, 0.15) is 12.8 Å². The van der Waals surface area contributed by atoms with Crippen molar-refractivity contribution >= 4 is 10.0 Å². The first-order valence-electron chi connectivity index (χ1n) is 4.29. The van der Waals surface area contributed by atoms with Gasteiger partial charge in [-0.15, -0.1) is 0 Å². The third-order valence-corrected chi connectivity index (χ3v) is 5.54. The van der Waals surface area contributed by atoms with Gasteiger partial charge in [-0.2, -0.15) is 0 Å². The number of fused-ring (bicyclic) bond motifs is 1. The molecule has 0 aromatic carbocycles. The largest absolute Gasteiger partial charge is 0.391 e. The van der Waals surface area contributed by atoms with Crippen LogP contribution in [0.2, 0.25) is 0 Å². The van der Waals surface area contributed by atoms with Crippen molar-refractivity contribution in [3.63, 3.8) is 0 Å². The molecule has 3 aliphatic rings. The molecule has 0 aromatic rings. The van der Waals surface area contributed by atoms with E-state index in [2.05, 4.69) is 4.72 Å².